The molecule has 25 heavy (non-hydrogen) atoms. The summed E-state index contributed by atoms with van der Waals surface area (Å²) in [6.45, 7) is 5.06. The molecule has 0 bridgehead atoms. The fourth-order valence-corrected chi connectivity index (χ4v) is 2.95. The van der Waals surface area contributed by atoms with Gasteiger partial charge in [0.1, 0.15) is 11.6 Å². The van der Waals surface area contributed by atoms with Crippen LogP contribution in [-0.2, 0) is 0 Å². The SMILES string of the molecule is CCCCCC(C)COc1ccc(-c2cccc(F)c2C(=O)Cl)cc1. The minimum atomic E-state index is -0.797. The van der Waals surface area contributed by atoms with Crippen molar-refractivity contribution >= 4 is 16.8 Å². The van der Waals surface area contributed by atoms with Gasteiger partial charge in [-0.1, -0.05) is 57.4 Å². The van der Waals surface area contributed by atoms with Crippen LogP contribution < -0.4 is 4.74 Å². The summed E-state index contributed by atoms with van der Waals surface area (Å²) in [7, 11) is 0. The lowest BCUT2D eigenvalue weighted by atomic mass is 10.00. The summed E-state index contributed by atoms with van der Waals surface area (Å²) in [5.74, 6) is 0.662. The Morgan fingerprint density at radius 2 is 1.88 bits per heavy atom. The quantitative estimate of drug-likeness (QED) is 0.377. The summed E-state index contributed by atoms with van der Waals surface area (Å²) in [4.78, 5) is 11.5. The smallest absolute Gasteiger partial charge is 0.255 e. The second-order valence-electron chi connectivity index (χ2n) is 6.37. The molecule has 2 aromatic rings. The number of benzene rings is 2. The summed E-state index contributed by atoms with van der Waals surface area (Å²) < 4.78 is 19.7. The van der Waals surface area contributed by atoms with Crippen molar-refractivity contribution in [2.45, 2.75) is 39.5 Å². The van der Waals surface area contributed by atoms with Crippen LogP contribution in [0, 0.1) is 11.7 Å². The highest BCUT2D eigenvalue weighted by molar-refractivity contribution is 6.68. The maximum absolute atomic E-state index is 13.9. The molecular formula is C21H24ClFO2. The van der Waals surface area contributed by atoms with Gasteiger partial charge in [-0.2, -0.15) is 0 Å². The number of hydrogen-bond donors (Lipinski definition) is 0. The first-order valence-corrected chi connectivity index (χ1v) is 9.12. The molecule has 4 heteroatoms. The van der Waals surface area contributed by atoms with Crippen molar-refractivity contribution in [3.05, 3.63) is 53.8 Å². The van der Waals surface area contributed by atoms with Gasteiger partial charge in [0, 0.05) is 0 Å². The Morgan fingerprint density at radius 1 is 1.16 bits per heavy atom. The highest BCUT2D eigenvalue weighted by Crippen LogP contribution is 2.28. The average Bonchev–Trinajstić information content (AvgIpc) is 2.60. The van der Waals surface area contributed by atoms with Crippen LogP contribution in [0.4, 0.5) is 4.39 Å². The number of carbonyl (C=O) groups excluding carboxylic acids is 1. The van der Waals surface area contributed by atoms with Crippen molar-refractivity contribution in [3.63, 3.8) is 0 Å². The normalized spacial score (nSPS) is 12.0. The number of ether oxygens (including phenoxy) is 1. The van der Waals surface area contributed by atoms with Crippen LogP contribution >= 0.6 is 11.6 Å². The first kappa shape index (κ1) is 19.5. The van der Waals surface area contributed by atoms with Crippen LogP contribution in [0.5, 0.6) is 5.75 Å². The fraction of sp³-hybridized carbons (Fsp3) is 0.381. The van der Waals surface area contributed by atoms with Crippen molar-refractivity contribution in [2.24, 2.45) is 5.92 Å². The molecule has 0 spiro atoms. The number of carbonyl (C=O) groups is 1. The van der Waals surface area contributed by atoms with Crippen LogP contribution in [0.25, 0.3) is 11.1 Å². The molecule has 1 atom stereocenters. The van der Waals surface area contributed by atoms with E-state index in [1.807, 2.05) is 24.3 Å². The molecule has 0 amide bonds. The summed E-state index contributed by atoms with van der Waals surface area (Å²) in [6.07, 6.45) is 4.88. The monoisotopic (exact) mass is 362 g/mol. The fourth-order valence-electron chi connectivity index (χ4n) is 2.76. The molecule has 0 fully saturated rings. The Labute approximate surface area is 154 Å². The van der Waals surface area contributed by atoms with Gasteiger partial charge in [-0.15, -0.1) is 0 Å². The maximum Gasteiger partial charge on any atom is 0.255 e. The van der Waals surface area contributed by atoms with Gasteiger partial charge >= 0.3 is 0 Å². The van der Waals surface area contributed by atoms with E-state index in [1.165, 1.54) is 25.3 Å². The summed E-state index contributed by atoms with van der Waals surface area (Å²) in [5.41, 5.74) is 1.12. The molecule has 0 aromatic heterocycles. The number of hydrogen-bond acceptors (Lipinski definition) is 2. The number of unbranched alkanes of at least 4 members (excludes halogenated alkanes) is 2. The van der Waals surface area contributed by atoms with Crippen LogP contribution in [0.15, 0.2) is 42.5 Å². The van der Waals surface area contributed by atoms with E-state index in [1.54, 1.807) is 12.1 Å². The molecule has 0 aliphatic heterocycles. The molecule has 0 aliphatic carbocycles. The van der Waals surface area contributed by atoms with Crippen molar-refractivity contribution in [2.75, 3.05) is 6.61 Å². The predicted molar refractivity (Wildman–Crippen MR) is 101 cm³/mol. The van der Waals surface area contributed by atoms with Crippen molar-refractivity contribution in [1.29, 1.82) is 0 Å². The zero-order valence-electron chi connectivity index (χ0n) is 14.7. The van der Waals surface area contributed by atoms with Crippen LogP contribution in [-0.4, -0.2) is 11.8 Å². The minimum absolute atomic E-state index is 0.0950. The van der Waals surface area contributed by atoms with Crippen molar-refractivity contribution < 1.29 is 13.9 Å². The van der Waals surface area contributed by atoms with E-state index in [0.29, 0.717) is 18.1 Å². The van der Waals surface area contributed by atoms with E-state index in [9.17, 15) is 9.18 Å². The molecular weight excluding hydrogens is 339 g/mol. The Bertz CT molecular complexity index is 698. The van der Waals surface area contributed by atoms with E-state index in [0.717, 1.165) is 17.7 Å². The van der Waals surface area contributed by atoms with Crippen molar-refractivity contribution in [3.8, 4) is 16.9 Å². The Balaban J connectivity index is 2.03. The highest BCUT2D eigenvalue weighted by atomic mass is 35.5. The molecule has 2 aromatic carbocycles. The van der Waals surface area contributed by atoms with Gasteiger partial charge in [-0.3, -0.25) is 4.79 Å². The molecule has 0 heterocycles. The third kappa shape index (κ3) is 5.57. The van der Waals surface area contributed by atoms with Crippen LogP contribution in [0.1, 0.15) is 49.9 Å². The van der Waals surface area contributed by atoms with E-state index in [2.05, 4.69) is 13.8 Å². The average molecular weight is 363 g/mol. The van der Waals surface area contributed by atoms with Crippen LogP contribution in [0.3, 0.4) is 0 Å². The third-order valence-corrected chi connectivity index (χ3v) is 4.40. The summed E-state index contributed by atoms with van der Waals surface area (Å²) in [6, 6.07) is 11.8. The Morgan fingerprint density at radius 3 is 2.52 bits per heavy atom. The molecule has 134 valence electrons. The second-order valence-corrected chi connectivity index (χ2v) is 6.72. The Hall–Kier alpha value is -1.87. The van der Waals surface area contributed by atoms with E-state index in [-0.39, 0.29) is 5.56 Å². The largest absolute Gasteiger partial charge is 0.493 e. The van der Waals surface area contributed by atoms with Crippen molar-refractivity contribution in [1.82, 2.24) is 0 Å². The standard InChI is InChI=1S/C21H24ClFO2/c1-3-4-5-7-15(2)14-25-17-12-10-16(11-13-17)18-8-6-9-19(23)20(18)21(22)24/h6,8-13,15H,3-5,7,14H2,1-2H3. The molecule has 0 radical (unpaired) electrons. The first-order valence-electron chi connectivity index (χ1n) is 8.74. The molecule has 2 nitrogen and oxygen atoms in total. The first-order chi connectivity index (χ1) is 12.0. The van der Waals surface area contributed by atoms with Crippen LogP contribution in [0.2, 0.25) is 0 Å². The lowest BCUT2D eigenvalue weighted by Gasteiger charge is -2.13. The summed E-state index contributed by atoms with van der Waals surface area (Å²) in [5, 5.41) is -0.797. The molecule has 0 saturated carbocycles. The molecule has 0 saturated heterocycles. The second kappa shape index (κ2) is 9.57. The third-order valence-electron chi connectivity index (χ3n) is 4.21. The Kier molecular flexibility index (Phi) is 7.45. The van der Waals surface area contributed by atoms with Gasteiger partial charge in [0.25, 0.3) is 5.24 Å². The van der Waals surface area contributed by atoms with Gasteiger partial charge in [0.05, 0.1) is 12.2 Å². The molecule has 0 N–H and O–H groups in total. The number of rotatable bonds is 9. The zero-order chi connectivity index (χ0) is 18.2. The lowest BCUT2D eigenvalue weighted by molar-refractivity contribution is 0.107. The summed E-state index contributed by atoms with van der Waals surface area (Å²) >= 11 is 5.53. The molecule has 0 aliphatic rings. The topological polar surface area (TPSA) is 26.3 Å². The molecule has 2 rings (SSSR count). The van der Waals surface area contributed by atoms with E-state index >= 15 is 0 Å². The lowest BCUT2D eigenvalue weighted by Crippen LogP contribution is -2.08. The van der Waals surface area contributed by atoms with Gasteiger partial charge in [-0.25, -0.2) is 4.39 Å². The predicted octanol–water partition coefficient (Wildman–Crippen LogP) is 6.47. The zero-order valence-corrected chi connectivity index (χ0v) is 15.5. The number of halogens is 2. The van der Waals surface area contributed by atoms with Gasteiger partial charge in [-0.05, 0) is 53.3 Å². The molecule has 1 unspecified atom stereocenters. The van der Waals surface area contributed by atoms with E-state index < -0.39 is 11.1 Å². The maximum atomic E-state index is 13.9. The van der Waals surface area contributed by atoms with E-state index in [4.69, 9.17) is 16.3 Å². The van der Waals surface area contributed by atoms with Gasteiger partial charge < -0.3 is 4.74 Å². The highest BCUT2D eigenvalue weighted by Gasteiger charge is 2.16. The van der Waals surface area contributed by atoms with Gasteiger partial charge in [0.2, 0.25) is 0 Å². The minimum Gasteiger partial charge on any atom is -0.493 e. The van der Waals surface area contributed by atoms with Gasteiger partial charge in [0.15, 0.2) is 0 Å².